The lowest BCUT2D eigenvalue weighted by molar-refractivity contribution is -0.130. The van der Waals surface area contributed by atoms with Crippen LogP contribution in [0.1, 0.15) is 24.5 Å². The van der Waals surface area contributed by atoms with Crippen LogP contribution in [0.4, 0.5) is 0 Å². The highest BCUT2D eigenvalue weighted by molar-refractivity contribution is 8.00. The lowest BCUT2D eigenvalue weighted by atomic mass is 10.1. The molecule has 0 saturated carbocycles. The molecule has 1 fully saturated rings. The van der Waals surface area contributed by atoms with Crippen molar-refractivity contribution in [2.75, 3.05) is 18.6 Å². The van der Waals surface area contributed by atoms with E-state index in [0.29, 0.717) is 6.42 Å². The summed E-state index contributed by atoms with van der Waals surface area (Å²) in [4.78, 5) is 19.4. The molecule has 0 N–H and O–H groups in total. The van der Waals surface area contributed by atoms with Crippen molar-refractivity contribution in [3.05, 3.63) is 65.9 Å². The number of aromatic nitrogens is 2. The van der Waals surface area contributed by atoms with E-state index in [1.54, 1.807) is 11.9 Å². The van der Waals surface area contributed by atoms with Gasteiger partial charge >= 0.3 is 0 Å². The van der Waals surface area contributed by atoms with Crippen molar-refractivity contribution < 1.29 is 13.2 Å². The van der Waals surface area contributed by atoms with E-state index in [1.165, 1.54) is 11.8 Å². The number of carbonyl (C=O) groups is 1. The Labute approximate surface area is 199 Å². The van der Waals surface area contributed by atoms with Gasteiger partial charge in [0.2, 0.25) is 5.91 Å². The van der Waals surface area contributed by atoms with Crippen LogP contribution in [0.2, 0.25) is 0 Å². The minimum absolute atomic E-state index is 0.0436. The fourth-order valence-corrected chi connectivity index (χ4v) is 7.10. The third-order valence-electron chi connectivity index (χ3n) is 6.00. The van der Waals surface area contributed by atoms with Gasteiger partial charge < -0.3 is 4.90 Å². The Hall–Kier alpha value is -2.58. The van der Waals surface area contributed by atoms with Crippen molar-refractivity contribution in [1.82, 2.24) is 14.5 Å². The minimum Gasteiger partial charge on any atom is -0.341 e. The first-order valence-corrected chi connectivity index (χ1v) is 13.7. The van der Waals surface area contributed by atoms with Crippen molar-refractivity contribution >= 4 is 27.5 Å². The summed E-state index contributed by atoms with van der Waals surface area (Å²) >= 11 is 1.40. The molecule has 1 aliphatic heterocycles. The predicted molar refractivity (Wildman–Crippen MR) is 134 cm³/mol. The van der Waals surface area contributed by atoms with Crippen LogP contribution < -0.4 is 0 Å². The summed E-state index contributed by atoms with van der Waals surface area (Å²) in [7, 11) is -1.35. The van der Waals surface area contributed by atoms with Gasteiger partial charge in [-0.1, -0.05) is 48.2 Å². The zero-order chi connectivity index (χ0) is 23.8. The van der Waals surface area contributed by atoms with Crippen molar-refractivity contribution in [3.8, 4) is 16.9 Å². The molecule has 4 rings (SSSR count). The number of rotatable bonds is 6. The van der Waals surface area contributed by atoms with Crippen LogP contribution in [-0.4, -0.2) is 58.6 Å². The van der Waals surface area contributed by atoms with Crippen LogP contribution in [0.3, 0.4) is 0 Å². The second-order valence-corrected chi connectivity index (χ2v) is 12.3. The summed E-state index contributed by atoms with van der Waals surface area (Å²) in [5.41, 5.74) is 5.31. The SMILES string of the molecule is Cc1cc(C)cc(-n2c(-c3ccccc3)cnc2S[C@@H](C)C(=O)N(C)[C@H]2CCS(=O)(=O)C2)c1. The topological polar surface area (TPSA) is 72.3 Å². The highest BCUT2D eigenvalue weighted by Crippen LogP contribution is 2.33. The van der Waals surface area contributed by atoms with Gasteiger partial charge in [0.25, 0.3) is 0 Å². The largest absolute Gasteiger partial charge is 0.341 e. The predicted octanol–water partition coefficient (Wildman–Crippen LogP) is 4.28. The normalized spacial score (nSPS) is 18.2. The lowest BCUT2D eigenvalue weighted by Crippen LogP contribution is -2.41. The number of imidazole rings is 1. The van der Waals surface area contributed by atoms with Crippen LogP contribution in [0.15, 0.2) is 59.9 Å². The lowest BCUT2D eigenvalue weighted by Gasteiger charge is -2.26. The molecular weight excluding hydrogens is 454 g/mol. The number of hydrogen-bond acceptors (Lipinski definition) is 5. The minimum atomic E-state index is -3.05. The first kappa shape index (κ1) is 23.6. The molecular formula is C25H29N3O3S2. The molecule has 1 saturated heterocycles. The van der Waals surface area contributed by atoms with Crippen molar-refractivity contribution in [1.29, 1.82) is 0 Å². The fraction of sp³-hybridized carbons (Fsp3) is 0.360. The Kier molecular flexibility index (Phi) is 6.68. The van der Waals surface area contributed by atoms with Crippen LogP contribution in [0.5, 0.6) is 0 Å². The quantitative estimate of drug-likeness (QED) is 0.489. The van der Waals surface area contributed by atoms with Gasteiger partial charge in [0.1, 0.15) is 0 Å². The van der Waals surface area contributed by atoms with E-state index in [4.69, 9.17) is 0 Å². The van der Waals surface area contributed by atoms with Crippen LogP contribution in [0.25, 0.3) is 16.9 Å². The fourth-order valence-electron chi connectivity index (χ4n) is 4.32. The molecule has 1 amide bonds. The molecule has 2 heterocycles. The third kappa shape index (κ3) is 5.17. The maximum Gasteiger partial charge on any atom is 0.235 e. The van der Waals surface area contributed by atoms with E-state index >= 15 is 0 Å². The van der Waals surface area contributed by atoms with Gasteiger partial charge in [-0.15, -0.1) is 0 Å². The molecule has 3 aromatic rings. The van der Waals surface area contributed by atoms with E-state index in [0.717, 1.165) is 33.2 Å². The summed E-state index contributed by atoms with van der Waals surface area (Å²) in [5.74, 6) is 0.106. The van der Waals surface area contributed by atoms with Crippen LogP contribution >= 0.6 is 11.8 Å². The zero-order valence-electron chi connectivity index (χ0n) is 19.4. The maximum absolute atomic E-state index is 13.2. The smallest absolute Gasteiger partial charge is 0.235 e. The number of nitrogens with zero attached hydrogens (tertiary/aromatic N) is 3. The van der Waals surface area contributed by atoms with E-state index in [-0.39, 0.29) is 23.5 Å². The molecule has 0 bridgehead atoms. The molecule has 8 heteroatoms. The number of carbonyl (C=O) groups excluding carboxylic acids is 1. The summed E-state index contributed by atoms with van der Waals surface area (Å²) in [6, 6.07) is 16.2. The number of sulfone groups is 1. The molecule has 33 heavy (non-hydrogen) atoms. The molecule has 0 spiro atoms. The van der Waals surface area contributed by atoms with E-state index in [2.05, 4.69) is 41.6 Å². The number of thioether (sulfide) groups is 1. The van der Waals surface area contributed by atoms with Gasteiger partial charge in [0.15, 0.2) is 15.0 Å². The Bertz CT molecular complexity index is 1250. The number of hydrogen-bond donors (Lipinski definition) is 0. The van der Waals surface area contributed by atoms with Gasteiger partial charge in [-0.3, -0.25) is 9.36 Å². The Morgan fingerprint density at radius 2 is 1.82 bits per heavy atom. The maximum atomic E-state index is 13.2. The third-order valence-corrected chi connectivity index (χ3v) is 8.80. The summed E-state index contributed by atoms with van der Waals surface area (Å²) in [6.07, 6.45) is 2.34. The first-order valence-electron chi connectivity index (χ1n) is 11.0. The van der Waals surface area contributed by atoms with Gasteiger partial charge in [-0.2, -0.15) is 0 Å². The average Bonchev–Trinajstić information content (AvgIpc) is 3.35. The highest BCUT2D eigenvalue weighted by Gasteiger charge is 2.34. The number of amides is 1. The second kappa shape index (κ2) is 9.35. The van der Waals surface area contributed by atoms with E-state index in [9.17, 15) is 13.2 Å². The molecule has 0 aliphatic carbocycles. The number of aryl methyl sites for hydroxylation is 2. The van der Waals surface area contributed by atoms with Crippen molar-refractivity contribution in [2.45, 2.75) is 43.6 Å². The molecule has 2 atom stereocenters. The van der Waals surface area contributed by atoms with Crippen LogP contribution in [0, 0.1) is 13.8 Å². The molecule has 1 aliphatic rings. The summed E-state index contributed by atoms with van der Waals surface area (Å²) in [5, 5.41) is 0.320. The van der Waals surface area contributed by atoms with Gasteiger partial charge in [-0.25, -0.2) is 13.4 Å². The Morgan fingerprint density at radius 3 is 2.42 bits per heavy atom. The highest BCUT2D eigenvalue weighted by atomic mass is 32.2. The first-order chi connectivity index (χ1) is 15.6. The van der Waals surface area contributed by atoms with Gasteiger partial charge in [0.05, 0.1) is 28.6 Å². The molecule has 174 valence electrons. The van der Waals surface area contributed by atoms with Gasteiger partial charge in [0, 0.05) is 24.3 Å². The number of benzene rings is 2. The Morgan fingerprint density at radius 1 is 1.15 bits per heavy atom. The second-order valence-electron chi connectivity index (χ2n) is 8.74. The van der Waals surface area contributed by atoms with Crippen LogP contribution in [-0.2, 0) is 14.6 Å². The Balaban J connectivity index is 1.66. The monoisotopic (exact) mass is 483 g/mol. The van der Waals surface area contributed by atoms with Gasteiger partial charge in [-0.05, 0) is 50.5 Å². The molecule has 6 nitrogen and oxygen atoms in total. The van der Waals surface area contributed by atoms with E-state index in [1.807, 2.05) is 43.5 Å². The van der Waals surface area contributed by atoms with Crippen molar-refractivity contribution in [2.24, 2.45) is 0 Å². The zero-order valence-corrected chi connectivity index (χ0v) is 21.0. The standard InChI is InChI=1S/C25H29N3O3S2/c1-17-12-18(2)14-22(13-17)28-23(20-8-6-5-7-9-20)15-26-25(28)32-19(3)24(29)27(4)21-10-11-33(30,31)16-21/h5-9,12-15,19,21H,10-11,16H2,1-4H3/t19-,21-/m0/s1. The summed E-state index contributed by atoms with van der Waals surface area (Å²) < 4.78 is 25.8. The molecule has 2 aromatic carbocycles. The molecule has 0 unspecified atom stereocenters. The summed E-state index contributed by atoms with van der Waals surface area (Å²) in [6.45, 7) is 5.99. The van der Waals surface area contributed by atoms with Crippen molar-refractivity contribution in [3.63, 3.8) is 0 Å². The average molecular weight is 484 g/mol. The molecule has 1 aromatic heterocycles. The van der Waals surface area contributed by atoms with E-state index < -0.39 is 15.1 Å². The molecule has 0 radical (unpaired) electrons.